The van der Waals surface area contributed by atoms with Crippen molar-refractivity contribution >= 4 is 22.9 Å². The van der Waals surface area contributed by atoms with Crippen molar-refractivity contribution < 1.29 is 23.5 Å². The minimum absolute atomic E-state index is 0.102. The number of rotatable bonds is 4. The Hall–Kier alpha value is -3.42. The van der Waals surface area contributed by atoms with Gasteiger partial charge in [0.2, 0.25) is 12.7 Å². The fourth-order valence-electron chi connectivity index (χ4n) is 5.85. The SMILES string of the molecule is C[C@H]1[C@H](C)CCC[C@@H]1NC(=O)[C@]1(C)Cn2c(cc3occc32)C(=O)N1Cc1ccc2c(c1)OCO2. The first-order chi connectivity index (χ1) is 16.8. The molecule has 2 amide bonds. The standard InChI is InChI=1S/C27H31N3O5/c1-16-5-4-6-19(17(16)2)28-26(32)27(3)14-29-20-9-10-33-23(20)12-21(29)25(31)30(27)13-18-7-8-22-24(11-18)35-15-34-22/h7-12,16-17,19H,4-6,13-15H2,1-3H3,(H,28,32)/t16-,17+,19+,27+/m1/s1. The fraction of sp³-hybridized carbons (Fsp3) is 0.481. The van der Waals surface area contributed by atoms with Crippen LogP contribution in [0, 0.1) is 11.8 Å². The average molecular weight is 478 g/mol. The lowest BCUT2D eigenvalue weighted by molar-refractivity contribution is -0.134. The molecule has 1 fully saturated rings. The second-order valence-electron chi connectivity index (χ2n) is 10.5. The predicted molar refractivity (Wildman–Crippen MR) is 129 cm³/mol. The Balaban J connectivity index is 1.37. The smallest absolute Gasteiger partial charge is 0.271 e. The quantitative estimate of drug-likeness (QED) is 0.605. The van der Waals surface area contributed by atoms with Gasteiger partial charge in [-0.3, -0.25) is 9.59 Å². The highest BCUT2D eigenvalue weighted by atomic mass is 16.7. The van der Waals surface area contributed by atoms with Gasteiger partial charge < -0.3 is 28.7 Å². The predicted octanol–water partition coefficient (Wildman–Crippen LogP) is 4.32. The van der Waals surface area contributed by atoms with Gasteiger partial charge in [0.05, 0.1) is 18.3 Å². The number of hydrogen-bond acceptors (Lipinski definition) is 5. The molecule has 0 bridgehead atoms. The number of benzene rings is 1. The van der Waals surface area contributed by atoms with Gasteiger partial charge in [-0.2, -0.15) is 0 Å². The molecule has 35 heavy (non-hydrogen) atoms. The number of hydrogen-bond donors (Lipinski definition) is 1. The molecule has 0 saturated heterocycles. The molecule has 0 spiro atoms. The molecule has 1 aliphatic carbocycles. The van der Waals surface area contributed by atoms with Gasteiger partial charge in [0, 0.05) is 24.7 Å². The molecule has 8 heteroatoms. The van der Waals surface area contributed by atoms with Crippen LogP contribution >= 0.6 is 0 Å². The molecule has 3 aromatic rings. The Kier molecular flexibility index (Phi) is 5.09. The Morgan fingerprint density at radius 3 is 2.83 bits per heavy atom. The van der Waals surface area contributed by atoms with Crippen LogP contribution < -0.4 is 14.8 Å². The van der Waals surface area contributed by atoms with Crippen LogP contribution in [0.25, 0.3) is 11.1 Å². The van der Waals surface area contributed by atoms with E-state index >= 15 is 0 Å². The second kappa shape index (κ2) is 8.07. The summed E-state index contributed by atoms with van der Waals surface area (Å²) in [6, 6.07) is 9.38. The molecule has 184 valence electrons. The van der Waals surface area contributed by atoms with Gasteiger partial charge in [-0.1, -0.05) is 32.8 Å². The number of carbonyl (C=O) groups excluding carboxylic acids is 2. The van der Waals surface area contributed by atoms with Crippen molar-refractivity contribution in [3.8, 4) is 11.5 Å². The molecule has 2 aromatic heterocycles. The summed E-state index contributed by atoms with van der Waals surface area (Å²) in [5.74, 6) is 1.98. The number of furan rings is 1. The van der Waals surface area contributed by atoms with E-state index in [4.69, 9.17) is 13.9 Å². The summed E-state index contributed by atoms with van der Waals surface area (Å²) < 4.78 is 18.5. The van der Waals surface area contributed by atoms with E-state index in [9.17, 15) is 9.59 Å². The number of aromatic nitrogens is 1. The lowest BCUT2D eigenvalue weighted by Crippen LogP contribution is -2.65. The first-order valence-electron chi connectivity index (χ1n) is 12.4. The van der Waals surface area contributed by atoms with Gasteiger partial charge in [-0.15, -0.1) is 0 Å². The summed E-state index contributed by atoms with van der Waals surface area (Å²) in [5, 5.41) is 3.34. The van der Waals surface area contributed by atoms with Crippen LogP contribution in [0.1, 0.15) is 56.1 Å². The maximum absolute atomic E-state index is 14.0. The molecule has 1 saturated carbocycles. The van der Waals surface area contributed by atoms with Crippen molar-refractivity contribution in [1.82, 2.24) is 14.8 Å². The van der Waals surface area contributed by atoms with Crippen molar-refractivity contribution in [1.29, 1.82) is 0 Å². The zero-order valence-corrected chi connectivity index (χ0v) is 20.4. The third-order valence-electron chi connectivity index (χ3n) is 8.34. The van der Waals surface area contributed by atoms with Crippen LogP contribution in [0.5, 0.6) is 11.5 Å². The van der Waals surface area contributed by atoms with Crippen molar-refractivity contribution in [3.63, 3.8) is 0 Å². The van der Waals surface area contributed by atoms with E-state index in [1.807, 2.05) is 35.8 Å². The Morgan fingerprint density at radius 1 is 1.14 bits per heavy atom. The molecule has 8 nitrogen and oxygen atoms in total. The number of carbonyl (C=O) groups is 2. The monoisotopic (exact) mass is 477 g/mol. The number of nitrogens with one attached hydrogen (secondary N) is 1. The van der Waals surface area contributed by atoms with Gasteiger partial charge in [-0.05, 0) is 42.9 Å². The van der Waals surface area contributed by atoms with Crippen molar-refractivity contribution in [2.75, 3.05) is 6.79 Å². The molecule has 0 unspecified atom stereocenters. The van der Waals surface area contributed by atoms with Crippen LogP contribution in [-0.2, 0) is 17.9 Å². The van der Waals surface area contributed by atoms with Crippen LogP contribution in [0.15, 0.2) is 41.0 Å². The maximum atomic E-state index is 14.0. The van der Waals surface area contributed by atoms with Crippen molar-refractivity contribution in [3.05, 3.63) is 47.9 Å². The van der Waals surface area contributed by atoms with E-state index in [2.05, 4.69) is 19.2 Å². The normalized spacial score (nSPS) is 27.8. The summed E-state index contributed by atoms with van der Waals surface area (Å²) in [5.41, 5.74) is 1.81. The van der Waals surface area contributed by atoms with Gasteiger partial charge in [0.25, 0.3) is 5.91 Å². The largest absolute Gasteiger partial charge is 0.463 e. The highest BCUT2D eigenvalue weighted by molar-refractivity contribution is 6.02. The minimum atomic E-state index is -1.08. The Labute approximate surface area is 204 Å². The second-order valence-corrected chi connectivity index (χ2v) is 10.5. The Morgan fingerprint density at radius 2 is 1.97 bits per heavy atom. The van der Waals surface area contributed by atoms with E-state index < -0.39 is 5.54 Å². The summed E-state index contributed by atoms with van der Waals surface area (Å²) >= 11 is 0. The number of fused-ring (bicyclic) bond motifs is 4. The average Bonchev–Trinajstić information content (AvgIpc) is 3.56. The van der Waals surface area contributed by atoms with Crippen LogP contribution in [-0.4, -0.2) is 39.7 Å². The van der Waals surface area contributed by atoms with E-state index in [1.54, 1.807) is 17.2 Å². The van der Waals surface area contributed by atoms with Gasteiger partial charge in [-0.25, -0.2) is 0 Å². The summed E-state index contributed by atoms with van der Waals surface area (Å²) in [6.45, 7) is 7.16. The topological polar surface area (TPSA) is 85.9 Å². The molecule has 0 radical (unpaired) electrons. The molecular formula is C27H31N3O5. The number of amides is 2. The van der Waals surface area contributed by atoms with E-state index in [0.29, 0.717) is 41.2 Å². The van der Waals surface area contributed by atoms with Crippen LogP contribution in [0.3, 0.4) is 0 Å². The zero-order chi connectivity index (χ0) is 24.3. The summed E-state index contributed by atoms with van der Waals surface area (Å²) in [4.78, 5) is 29.6. The molecule has 1 N–H and O–H groups in total. The third-order valence-corrected chi connectivity index (χ3v) is 8.34. The highest BCUT2D eigenvalue weighted by Crippen LogP contribution is 2.37. The molecule has 4 atom stereocenters. The van der Waals surface area contributed by atoms with Crippen LogP contribution in [0.2, 0.25) is 0 Å². The van der Waals surface area contributed by atoms with Crippen molar-refractivity contribution in [2.24, 2.45) is 11.8 Å². The maximum Gasteiger partial charge on any atom is 0.271 e. The van der Waals surface area contributed by atoms with Gasteiger partial charge in [0.15, 0.2) is 17.1 Å². The molecule has 4 heterocycles. The van der Waals surface area contributed by atoms with Crippen molar-refractivity contribution in [2.45, 2.75) is 64.7 Å². The first kappa shape index (κ1) is 22.1. The van der Waals surface area contributed by atoms with Gasteiger partial charge >= 0.3 is 0 Å². The Bertz CT molecular complexity index is 1310. The molecule has 1 aromatic carbocycles. The summed E-state index contributed by atoms with van der Waals surface area (Å²) in [6.07, 6.45) is 4.86. The minimum Gasteiger partial charge on any atom is -0.463 e. The lowest BCUT2D eigenvalue weighted by Gasteiger charge is -2.45. The zero-order valence-electron chi connectivity index (χ0n) is 20.4. The fourth-order valence-corrected chi connectivity index (χ4v) is 5.85. The molecule has 3 aliphatic rings. The van der Waals surface area contributed by atoms with E-state index in [1.165, 1.54) is 6.42 Å². The molecule has 2 aliphatic heterocycles. The lowest BCUT2D eigenvalue weighted by atomic mass is 9.77. The molecular weight excluding hydrogens is 446 g/mol. The number of nitrogens with zero attached hydrogens (tertiary/aromatic N) is 2. The number of ether oxygens (including phenoxy) is 2. The van der Waals surface area contributed by atoms with E-state index in [0.717, 1.165) is 23.9 Å². The van der Waals surface area contributed by atoms with E-state index in [-0.39, 0.29) is 31.2 Å². The summed E-state index contributed by atoms with van der Waals surface area (Å²) in [7, 11) is 0. The first-order valence-corrected chi connectivity index (χ1v) is 12.4. The molecule has 6 rings (SSSR count). The third kappa shape index (κ3) is 3.49. The van der Waals surface area contributed by atoms with Gasteiger partial charge in [0.1, 0.15) is 11.2 Å². The van der Waals surface area contributed by atoms with Crippen LogP contribution in [0.4, 0.5) is 0 Å². The highest BCUT2D eigenvalue weighted by Gasteiger charge is 2.49.